The van der Waals surface area contributed by atoms with E-state index in [1.165, 1.54) is 38.1 Å². The first-order valence-electron chi connectivity index (χ1n) is 10.8. The maximum atomic E-state index is 13.4. The third-order valence-corrected chi connectivity index (χ3v) is 6.77. The summed E-state index contributed by atoms with van der Waals surface area (Å²) in [6.45, 7) is 5.49. The molecule has 9 heteroatoms. The number of carbonyl (C=O) groups is 2. The Hall–Kier alpha value is -3.56. The van der Waals surface area contributed by atoms with Crippen molar-refractivity contribution in [2.45, 2.75) is 44.8 Å². The summed E-state index contributed by atoms with van der Waals surface area (Å²) in [6.07, 6.45) is 3.34. The lowest BCUT2D eigenvalue weighted by molar-refractivity contribution is -0.133. The van der Waals surface area contributed by atoms with Crippen molar-refractivity contribution in [1.82, 2.24) is 14.6 Å². The average molecular weight is 481 g/mol. The van der Waals surface area contributed by atoms with Crippen molar-refractivity contribution < 1.29 is 18.0 Å². The predicted molar refractivity (Wildman–Crippen MR) is 130 cm³/mol. The summed E-state index contributed by atoms with van der Waals surface area (Å²) in [5, 5.41) is 2.59. The minimum atomic E-state index is -3.96. The van der Waals surface area contributed by atoms with Gasteiger partial charge in [-0.1, -0.05) is 30.3 Å². The van der Waals surface area contributed by atoms with E-state index < -0.39 is 16.1 Å². The lowest BCUT2D eigenvalue weighted by atomic mass is 10.1. The molecule has 3 aromatic rings. The predicted octanol–water partition coefficient (Wildman–Crippen LogP) is 3.24. The van der Waals surface area contributed by atoms with Gasteiger partial charge in [0.1, 0.15) is 0 Å². The van der Waals surface area contributed by atoms with Crippen LogP contribution >= 0.6 is 0 Å². The van der Waals surface area contributed by atoms with Gasteiger partial charge in [0.2, 0.25) is 21.8 Å². The molecule has 0 aliphatic carbocycles. The van der Waals surface area contributed by atoms with Crippen LogP contribution in [0.1, 0.15) is 30.5 Å². The molecule has 178 valence electrons. The Morgan fingerprint density at radius 2 is 1.71 bits per heavy atom. The molecule has 0 aliphatic rings. The zero-order valence-electron chi connectivity index (χ0n) is 19.4. The van der Waals surface area contributed by atoms with Crippen molar-refractivity contribution in [3.8, 4) is 0 Å². The highest BCUT2D eigenvalue weighted by Gasteiger charge is 2.26. The highest BCUT2D eigenvalue weighted by molar-refractivity contribution is 7.89. The molecule has 0 bridgehead atoms. The van der Waals surface area contributed by atoms with E-state index in [9.17, 15) is 18.0 Å². The number of nitrogens with one attached hydrogen (secondary N) is 2. The molecule has 0 aliphatic heterocycles. The Labute approximate surface area is 200 Å². The third kappa shape index (κ3) is 6.72. The number of amides is 2. The summed E-state index contributed by atoms with van der Waals surface area (Å²) in [4.78, 5) is 30.3. The molecule has 2 aromatic carbocycles. The first-order chi connectivity index (χ1) is 16.2. The number of aromatic nitrogens is 1. The number of hydrogen-bond acceptors (Lipinski definition) is 5. The number of pyridine rings is 1. The SMILES string of the molecule is CC(=O)Nc1ccc(S(=O)(=O)N[C@@H](C)C(=O)N(Cc2cccnc2)Cc2ccccc2C)cc1. The largest absolute Gasteiger partial charge is 0.333 e. The minimum Gasteiger partial charge on any atom is -0.333 e. The van der Waals surface area contributed by atoms with Gasteiger partial charge in [-0.05, 0) is 60.9 Å². The highest BCUT2D eigenvalue weighted by Crippen LogP contribution is 2.17. The lowest BCUT2D eigenvalue weighted by Crippen LogP contribution is -2.46. The molecule has 0 unspecified atom stereocenters. The quantitative estimate of drug-likeness (QED) is 0.489. The maximum Gasteiger partial charge on any atom is 0.241 e. The van der Waals surface area contributed by atoms with Gasteiger partial charge in [0.15, 0.2) is 0 Å². The number of nitrogens with zero attached hydrogens (tertiary/aromatic N) is 2. The molecular formula is C25H28N4O4S. The molecule has 1 heterocycles. The zero-order valence-corrected chi connectivity index (χ0v) is 20.2. The van der Waals surface area contributed by atoms with Gasteiger partial charge in [0.05, 0.1) is 10.9 Å². The van der Waals surface area contributed by atoms with Crippen LogP contribution in [0.5, 0.6) is 0 Å². The van der Waals surface area contributed by atoms with E-state index in [-0.39, 0.29) is 16.7 Å². The highest BCUT2D eigenvalue weighted by atomic mass is 32.2. The molecule has 0 saturated carbocycles. The van der Waals surface area contributed by atoms with Gasteiger partial charge < -0.3 is 10.2 Å². The van der Waals surface area contributed by atoms with Crippen LogP contribution in [0.3, 0.4) is 0 Å². The summed E-state index contributed by atoms with van der Waals surface area (Å²) in [6, 6.07) is 16.2. The van der Waals surface area contributed by atoms with Crippen molar-refractivity contribution in [3.63, 3.8) is 0 Å². The molecule has 0 fully saturated rings. The van der Waals surface area contributed by atoms with E-state index in [4.69, 9.17) is 0 Å². The van der Waals surface area contributed by atoms with Crippen molar-refractivity contribution in [2.75, 3.05) is 5.32 Å². The second kappa shape index (κ2) is 11.0. The summed E-state index contributed by atoms with van der Waals surface area (Å²) < 4.78 is 28.3. The topological polar surface area (TPSA) is 108 Å². The van der Waals surface area contributed by atoms with Crippen LogP contribution < -0.4 is 10.0 Å². The van der Waals surface area contributed by atoms with E-state index in [1.807, 2.05) is 37.3 Å². The number of aryl methyl sites for hydroxylation is 1. The second-order valence-electron chi connectivity index (χ2n) is 8.03. The van der Waals surface area contributed by atoms with Gasteiger partial charge in [-0.3, -0.25) is 14.6 Å². The van der Waals surface area contributed by atoms with Crippen molar-refractivity contribution in [2.24, 2.45) is 0 Å². The van der Waals surface area contributed by atoms with E-state index >= 15 is 0 Å². The van der Waals surface area contributed by atoms with Crippen molar-refractivity contribution in [1.29, 1.82) is 0 Å². The Morgan fingerprint density at radius 1 is 1.00 bits per heavy atom. The van der Waals surface area contributed by atoms with Gasteiger partial charge >= 0.3 is 0 Å². The van der Waals surface area contributed by atoms with E-state index in [0.29, 0.717) is 18.8 Å². The van der Waals surface area contributed by atoms with Crippen LogP contribution in [0.2, 0.25) is 0 Å². The first kappa shape index (κ1) is 25.1. The Balaban J connectivity index is 1.79. The standard InChI is InChI=1S/C25H28N4O4S/c1-18-7-4-5-9-22(18)17-29(16-21-8-6-14-26-15-21)25(31)19(2)28-34(32,33)24-12-10-23(11-13-24)27-20(3)30/h4-15,19,28H,16-17H2,1-3H3,(H,27,30)/t19-/m0/s1. The average Bonchev–Trinajstić information content (AvgIpc) is 2.80. The molecule has 8 nitrogen and oxygen atoms in total. The summed E-state index contributed by atoms with van der Waals surface area (Å²) in [7, 11) is -3.96. The molecular weight excluding hydrogens is 452 g/mol. The number of sulfonamides is 1. The van der Waals surface area contributed by atoms with E-state index in [1.54, 1.807) is 23.4 Å². The molecule has 34 heavy (non-hydrogen) atoms. The van der Waals surface area contributed by atoms with Crippen LogP contribution in [0, 0.1) is 6.92 Å². The van der Waals surface area contributed by atoms with Crippen LogP contribution in [-0.2, 0) is 32.7 Å². The van der Waals surface area contributed by atoms with E-state index in [2.05, 4.69) is 15.0 Å². The second-order valence-corrected chi connectivity index (χ2v) is 9.74. The monoisotopic (exact) mass is 480 g/mol. The molecule has 0 saturated heterocycles. The lowest BCUT2D eigenvalue weighted by Gasteiger charge is -2.27. The summed E-state index contributed by atoms with van der Waals surface area (Å²) in [5.74, 6) is -0.610. The van der Waals surface area contributed by atoms with E-state index in [0.717, 1.165) is 16.7 Å². The first-order valence-corrected chi connectivity index (χ1v) is 12.3. The van der Waals surface area contributed by atoms with Crippen LogP contribution in [0.4, 0.5) is 5.69 Å². The van der Waals surface area contributed by atoms with Gasteiger partial charge in [-0.25, -0.2) is 8.42 Å². The van der Waals surface area contributed by atoms with Crippen LogP contribution in [0.25, 0.3) is 0 Å². The fourth-order valence-corrected chi connectivity index (χ4v) is 4.66. The molecule has 1 aromatic heterocycles. The van der Waals surface area contributed by atoms with Crippen LogP contribution in [-0.4, -0.2) is 36.2 Å². The normalized spacial score (nSPS) is 12.1. The van der Waals surface area contributed by atoms with Gasteiger partial charge in [-0.15, -0.1) is 0 Å². The Bertz CT molecular complexity index is 1250. The molecule has 1 atom stereocenters. The van der Waals surface area contributed by atoms with Crippen molar-refractivity contribution >= 4 is 27.5 Å². The number of rotatable bonds is 9. The fraction of sp³-hybridized carbons (Fsp3) is 0.240. The Kier molecular flexibility index (Phi) is 8.14. The zero-order chi connectivity index (χ0) is 24.7. The Morgan fingerprint density at radius 3 is 2.32 bits per heavy atom. The summed E-state index contributed by atoms with van der Waals surface area (Å²) >= 11 is 0. The number of benzene rings is 2. The molecule has 2 N–H and O–H groups in total. The van der Waals surface area contributed by atoms with Gasteiger partial charge in [0.25, 0.3) is 0 Å². The van der Waals surface area contributed by atoms with Gasteiger partial charge in [-0.2, -0.15) is 4.72 Å². The third-order valence-electron chi connectivity index (χ3n) is 5.22. The van der Waals surface area contributed by atoms with Gasteiger partial charge in [0, 0.05) is 38.1 Å². The molecule has 3 rings (SSSR count). The number of hydrogen-bond donors (Lipinski definition) is 2. The minimum absolute atomic E-state index is 0.000958. The van der Waals surface area contributed by atoms with Crippen molar-refractivity contribution in [3.05, 3.63) is 89.7 Å². The molecule has 2 amide bonds. The molecule has 0 radical (unpaired) electrons. The fourth-order valence-electron chi connectivity index (χ4n) is 3.46. The maximum absolute atomic E-state index is 13.4. The van der Waals surface area contributed by atoms with Crippen LogP contribution in [0.15, 0.2) is 78.0 Å². The molecule has 0 spiro atoms. The number of anilines is 1. The number of carbonyl (C=O) groups excluding carboxylic acids is 2. The smallest absolute Gasteiger partial charge is 0.241 e. The summed E-state index contributed by atoms with van der Waals surface area (Å²) in [5.41, 5.74) is 3.34.